The molecule has 6 heteroatoms. The summed E-state index contributed by atoms with van der Waals surface area (Å²) in [7, 11) is 0. The number of carbonyl (C=O) groups excluding carboxylic acids is 3. The molecule has 0 aromatic heterocycles. The van der Waals surface area contributed by atoms with Crippen molar-refractivity contribution in [1.29, 1.82) is 0 Å². The average molecular weight is 457 g/mol. The Morgan fingerprint density at radius 2 is 1.69 bits per heavy atom. The van der Waals surface area contributed by atoms with Gasteiger partial charge in [-0.3, -0.25) is 14.4 Å². The van der Waals surface area contributed by atoms with Gasteiger partial charge in [0.2, 0.25) is 11.8 Å². The monoisotopic (exact) mass is 456 g/mol. The molecule has 1 aliphatic heterocycles. The van der Waals surface area contributed by atoms with Crippen LogP contribution in [-0.2, 0) is 20.9 Å². The molecule has 2 aromatic carbocycles. The molecular formula is C23H25BrN2O3. The normalized spacial score (nSPS) is 17.0. The van der Waals surface area contributed by atoms with E-state index in [1.165, 1.54) is 4.90 Å². The minimum Gasteiger partial charge on any atom is -0.326 e. The zero-order chi connectivity index (χ0) is 21.2. The van der Waals surface area contributed by atoms with Gasteiger partial charge in [0, 0.05) is 17.4 Å². The van der Waals surface area contributed by atoms with Crippen LogP contribution in [0.15, 0.2) is 59.1 Å². The Bertz CT molecular complexity index is 904. The Labute approximate surface area is 179 Å². The van der Waals surface area contributed by atoms with Gasteiger partial charge in [-0.15, -0.1) is 0 Å². The predicted octanol–water partition coefficient (Wildman–Crippen LogP) is 4.55. The summed E-state index contributed by atoms with van der Waals surface area (Å²) in [5.41, 5.74) is 1.23. The van der Waals surface area contributed by atoms with Crippen LogP contribution in [0.3, 0.4) is 0 Å². The number of amides is 3. The van der Waals surface area contributed by atoms with E-state index in [9.17, 15) is 14.4 Å². The molecule has 152 valence electrons. The third-order valence-electron chi connectivity index (χ3n) is 4.78. The SMILES string of the molecule is CC(C)(C)CC(=O)N(Cc1ccccc1)C1CC(=O)N(c2ccc(Br)cc2)C1=O. The van der Waals surface area contributed by atoms with E-state index in [2.05, 4.69) is 15.9 Å². The molecule has 5 nitrogen and oxygen atoms in total. The van der Waals surface area contributed by atoms with Crippen LogP contribution < -0.4 is 4.90 Å². The van der Waals surface area contributed by atoms with Crippen LogP contribution in [0.25, 0.3) is 0 Å². The molecule has 1 unspecified atom stereocenters. The van der Waals surface area contributed by atoms with Gasteiger partial charge >= 0.3 is 0 Å². The van der Waals surface area contributed by atoms with E-state index in [1.54, 1.807) is 29.2 Å². The van der Waals surface area contributed by atoms with E-state index in [1.807, 2.05) is 51.1 Å². The van der Waals surface area contributed by atoms with Crippen LogP contribution >= 0.6 is 15.9 Å². The number of imide groups is 1. The molecule has 1 fully saturated rings. The molecule has 3 rings (SSSR count). The van der Waals surface area contributed by atoms with E-state index in [4.69, 9.17) is 0 Å². The minimum absolute atomic E-state index is 0.00237. The van der Waals surface area contributed by atoms with Crippen molar-refractivity contribution in [3.63, 3.8) is 0 Å². The first kappa shape index (κ1) is 21.2. The van der Waals surface area contributed by atoms with Crippen molar-refractivity contribution in [2.75, 3.05) is 4.90 Å². The second-order valence-electron chi connectivity index (χ2n) is 8.51. The minimum atomic E-state index is -0.791. The number of hydrogen-bond donors (Lipinski definition) is 0. The number of carbonyl (C=O) groups is 3. The summed E-state index contributed by atoms with van der Waals surface area (Å²) in [6.45, 7) is 6.26. The summed E-state index contributed by atoms with van der Waals surface area (Å²) in [6.07, 6.45) is 0.299. The Morgan fingerprint density at radius 1 is 1.07 bits per heavy atom. The molecule has 3 amide bonds. The van der Waals surface area contributed by atoms with E-state index in [-0.39, 0.29) is 29.6 Å². The first-order chi connectivity index (χ1) is 13.7. The van der Waals surface area contributed by atoms with Gasteiger partial charge in [-0.25, -0.2) is 4.90 Å². The number of halogens is 1. The molecule has 1 atom stereocenters. The van der Waals surface area contributed by atoms with E-state index >= 15 is 0 Å². The van der Waals surface area contributed by atoms with Crippen molar-refractivity contribution in [3.05, 3.63) is 64.6 Å². The van der Waals surface area contributed by atoms with Crippen molar-refractivity contribution in [1.82, 2.24) is 4.90 Å². The number of anilines is 1. The van der Waals surface area contributed by atoms with Gasteiger partial charge in [-0.1, -0.05) is 67.0 Å². The first-order valence-electron chi connectivity index (χ1n) is 9.61. The maximum Gasteiger partial charge on any atom is 0.257 e. The summed E-state index contributed by atoms with van der Waals surface area (Å²) >= 11 is 3.36. The Balaban J connectivity index is 1.90. The van der Waals surface area contributed by atoms with Gasteiger partial charge < -0.3 is 4.90 Å². The van der Waals surface area contributed by atoms with Crippen LogP contribution in [0.2, 0.25) is 0 Å². The highest BCUT2D eigenvalue weighted by Gasteiger charge is 2.44. The van der Waals surface area contributed by atoms with Crippen LogP contribution in [0, 0.1) is 5.41 Å². The highest BCUT2D eigenvalue weighted by Crippen LogP contribution is 2.29. The van der Waals surface area contributed by atoms with Crippen molar-refractivity contribution in [2.45, 2.75) is 46.2 Å². The molecule has 1 aliphatic rings. The van der Waals surface area contributed by atoms with Crippen LogP contribution in [-0.4, -0.2) is 28.7 Å². The number of nitrogens with zero attached hydrogens (tertiary/aromatic N) is 2. The number of benzene rings is 2. The molecule has 0 aliphatic carbocycles. The zero-order valence-corrected chi connectivity index (χ0v) is 18.5. The summed E-state index contributed by atoms with van der Waals surface area (Å²) in [4.78, 5) is 41.8. The maximum atomic E-state index is 13.2. The van der Waals surface area contributed by atoms with Crippen LogP contribution in [0.5, 0.6) is 0 Å². The highest BCUT2D eigenvalue weighted by atomic mass is 79.9. The summed E-state index contributed by atoms with van der Waals surface area (Å²) in [5, 5.41) is 0. The number of rotatable bonds is 5. The Morgan fingerprint density at radius 3 is 2.28 bits per heavy atom. The predicted molar refractivity (Wildman–Crippen MR) is 116 cm³/mol. The molecular weight excluding hydrogens is 432 g/mol. The molecule has 0 spiro atoms. The Kier molecular flexibility index (Phi) is 6.22. The summed E-state index contributed by atoms with van der Waals surface area (Å²) < 4.78 is 0.864. The molecule has 0 radical (unpaired) electrons. The lowest BCUT2D eigenvalue weighted by Gasteiger charge is -2.30. The lowest BCUT2D eigenvalue weighted by Crippen LogP contribution is -2.46. The van der Waals surface area contributed by atoms with Crippen molar-refractivity contribution in [2.24, 2.45) is 5.41 Å². The lowest BCUT2D eigenvalue weighted by atomic mass is 9.91. The van der Waals surface area contributed by atoms with E-state index < -0.39 is 6.04 Å². The van der Waals surface area contributed by atoms with Gasteiger partial charge in [-0.2, -0.15) is 0 Å². The third-order valence-corrected chi connectivity index (χ3v) is 5.31. The maximum absolute atomic E-state index is 13.2. The standard InChI is InChI=1S/C23H25BrN2O3/c1-23(2,3)14-21(28)25(15-16-7-5-4-6-8-16)19-13-20(27)26(22(19)29)18-11-9-17(24)10-12-18/h4-12,19H,13-15H2,1-3H3. The highest BCUT2D eigenvalue weighted by molar-refractivity contribution is 9.10. The van der Waals surface area contributed by atoms with Crippen LogP contribution in [0.4, 0.5) is 5.69 Å². The number of hydrogen-bond acceptors (Lipinski definition) is 3. The molecule has 1 heterocycles. The second kappa shape index (κ2) is 8.49. The smallest absolute Gasteiger partial charge is 0.257 e. The molecule has 0 bridgehead atoms. The van der Waals surface area contributed by atoms with Crippen molar-refractivity contribution >= 4 is 39.3 Å². The second-order valence-corrected chi connectivity index (χ2v) is 9.42. The van der Waals surface area contributed by atoms with Crippen molar-refractivity contribution < 1.29 is 14.4 Å². The molecule has 2 aromatic rings. The fourth-order valence-corrected chi connectivity index (χ4v) is 3.69. The lowest BCUT2D eigenvalue weighted by molar-refractivity contribution is -0.140. The Hall–Kier alpha value is -2.47. The van der Waals surface area contributed by atoms with E-state index in [0.717, 1.165) is 10.0 Å². The topological polar surface area (TPSA) is 57.7 Å². The van der Waals surface area contributed by atoms with Gasteiger partial charge in [0.1, 0.15) is 6.04 Å². The molecule has 1 saturated heterocycles. The quantitative estimate of drug-likeness (QED) is 0.620. The first-order valence-corrected chi connectivity index (χ1v) is 10.4. The van der Waals surface area contributed by atoms with Gasteiger partial charge in [0.15, 0.2) is 0 Å². The van der Waals surface area contributed by atoms with Crippen molar-refractivity contribution in [3.8, 4) is 0 Å². The molecule has 0 N–H and O–H groups in total. The summed E-state index contributed by atoms with van der Waals surface area (Å²) in [6, 6.07) is 15.8. The summed E-state index contributed by atoms with van der Waals surface area (Å²) in [5.74, 6) is -0.760. The van der Waals surface area contributed by atoms with Gasteiger partial charge in [0.25, 0.3) is 5.91 Å². The van der Waals surface area contributed by atoms with Crippen LogP contribution in [0.1, 0.15) is 39.2 Å². The fourth-order valence-electron chi connectivity index (χ4n) is 3.43. The average Bonchev–Trinajstić information content (AvgIpc) is 2.94. The van der Waals surface area contributed by atoms with Gasteiger partial charge in [-0.05, 0) is 35.2 Å². The zero-order valence-electron chi connectivity index (χ0n) is 16.9. The fraction of sp³-hybridized carbons (Fsp3) is 0.348. The van der Waals surface area contributed by atoms with Gasteiger partial charge in [0.05, 0.1) is 12.1 Å². The molecule has 0 saturated carbocycles. The van der Waals surface area contributed by atoms with E-state index in [0.29, 0.717) is 18.7 Å². The largest absolute Gasteiger partial charge is 0.326 e. The third kappa shape index (κ3) is 5.12. The molecule has 29 heavy (non-hydrogen) atoms.